The molecule has 92 valence electrons. The second-order valence-corrected chi connectivity index (χ2v) is 3.82. The van der Waals surface area contributed by atoms with Gasteiger partial charge in [0.2, 0.25) is 5.91 Å². The highest BCUT2D eigenvalue weighted by Crippen LogP contribution is 2.08. The van der Waals surface area contributed by atoms with E-state index in [0.717, 1.165) is 0 Å². The Hall–Kier alpha value is -1.68. The van der Waals surface area contributed by atoms with Gasteiger partial charge in [0, 0.05) is 12.2 Å². The van der Waals surface area contributed by atoms with Crippen LogP contribution in [0.2, 0.25) is 0 Å². The van der Waals surface area contributed by atoms with E-state index in [-0.39, 0.29) is 18.3 Å². The summed E-state index contributed by atoms with van der Waals surface area (Å²) in [5.41, 5.74) is 0.481. The SMILES string of the molecule is CC=CCN(C)CC(=O)Nc1cccc(F)c1. The Bertz CT molecular complexity index is 404. The Morgan fingerprint density at radius 1 is 1.53 bits per heavy atom. The molecule has 0 saturated heterocycles. The molecule has 0 fully saturated rings. The van der Waals surface area contributed by atoms with E-state index >= 15 is 0 Å². The highest BCUT2D eigenvalue weighted by molar-refractivity contribution is 5.92. The first kappa shape index (κ1) is 13.4. The summed E-state index contributed by atoms with van der Waals surface area (Å²) in [5, 5.41) is 2.65. The average molecular weight is 236 g/mol. The fourth-order valence-electron chi connectivity index (χ4n) is 1.36. The van der Waals surface area contributed by atoms with Crippen molar-refractivity contribution in [1.29, 1.82) is 0 Å². The van der Waals surface area contributed by atoms with Crippen LogP contribution in [0.4, 0.5) is 10.1 Å². The zero-order chi connectivity index (χ0) is 12.7. The number of likely N-dealkylation sites (N-methyl/N-ethyl adjacent to an activating group) is 1. The molecule has 1 aromatic carbocycles. The second-order valence-electron chi connectivity index (χ2n) is 3.82. The lowest BCUT2D eigenvalue weighted by Crippen LogP contribution is -2.30. The normalized spacial score (nSPS) is 11.1. The van der Waals surface area contributed by atoms with Gasteiger partial charge in [-0.2, -0.15) is 0 Å². The molecular formula is C13H17FN2O. The minimum Gasteiger partial charge on any atom is -0.325 e. The Morgan fingerprint density at radius 2 is 2.29 bits per heavy atom. The fourth-order valence-corrected chi connectivity index (χ4v) is 1.36. The summed E-state index contributed by atoms with van der Waals surface area (Å²) in [6.45, 7) is 2.93. The zero-order valence-electron chi connectivity index (χ0n) is 10.1. The van der Waals surface area contributed by atoms with Gasteiger partial charge in [-0.05, 0) is 32.2 Å². The molecule has 0 heterocycles. The first-order chi connectivity index (χ1) is 8.11. The average Bonchev–Trinajstić information content (AvgIpc) is 2.26. The van der Waals surface area contributed by atoms with Crippen LogP contribution in [-0.2, 0) is 4.79 Å². The van der Waals surface area contributed by atoms with Gasteiger partial charge in [0.05, 0.1) is 6.54 Å². The standard InChI is InChI=1S/C13H17FN2O/c1-3-4-8-16(2)10-13(17)15-12-7-5-6-11(14)9-12/h3-7,9H,8,10H2,1-2H3,(H,15,17). The van der Waals surface area contributed by atoms with Crippen molar-refractivity contribution < 1.29 is 9.18 Å². The molecule has 1 rings (SSSR count). The summed E-state index contributed by atoms with van der Waals surface area (Å²) >= 11 is 0. The topological polar surface area (TPSA) is 32.3 Å². The van der Waals surface area contributed by atoms with E-state index in [4.69, 9.17) is 0 Å². The van der Waals surface area contributed by atoms with Crippen LogP contribution in [0.3, 0.4) is 0 Å². The lowest BCUT2D eigenvalue weighted by molar-refractivity contribution is -0.116. The van der Waals surface area contributed by atoms with E-state index in [1.165, 1.54) is 12.1 Å². The predicted molar refractivity (Wildman–Crippen MR) is 67.3 cm³/mol. The maximum atomic E-state index is 12.9. The molecule has 0 saturated carbocycles. The van der Waals surface area contributed by atoms with Crippen molar-refractivity contribution in [2.45, 2.75) is 6.92 Å². The number of allylic oxidation sites excluding steroid dienone is 1. The maximum absolute atomic E-state index is 12.9. The Labute approximate surface area is 101 Å². The second kappa shape index (κ2) is 6.81. The van der Waals surface area contributed by atoms with Gasteiger partial charge >= 0.3 is 0 Å². The van der Waals surface area contributed by atoms with Crippen LogP contribution in [0.5, 0.6) is 0 Å². The summed E-state index contributed by atoms with van der Waals surface area (Å²) in [5.74, 6) is -0.507. The number of carbonyl (C=O) groups excluding carboxylic acids is 1. The third-order valence-electron chi connectivity index (χ3n) is 2.17. The number of hydrogen-bond acceptors (Lipinski definition) is 2. The monoisotopic (exact) mass is 236 g/mol. The van der Waals surface area contributed by atoms with E-state index in [2.05, 4.69) is 5.32 Å². The summed E-state index contributed by atoms with van der Waals surface area (Å²) < 4.78 is 12.9. The lowest BCUT2D eigenvalue weighted by Gasteiger charge is -2.13. The Kier molecular flexibility index (Phi) is 5.36. The highest BCUT2D eigenvalue weighted by atomic mass is 19.1. The van der Waals surface area contributed by atoms with Crippen LogP contribution in [0.15, 0.2) is 36.4 Å². The van der Waals surface area contributed by atoms with Gasteiger partial charge in [-0.1, -0.05) is 18.2 Å². The molecule has 0 aromatic heterocycles. The number of hydrogen-bond donors (Lipinski definition) is 1. The summed E-state index contributed by atoms with van der Waals surface area (Å²) in [7, 11) is 1.85. The zero-order valence-corrected chi connectivity index (χ0v) is 10.1. The molecular weight excluding hydrogens is 219 g/mol. The van der Waals surface area contributed by atoms with E-state index in [1.54, 1.807) is 12.1 Å². The van der Waals surface area contributed by atoms with Gasteiger partial charge in [-0.3, -0.25) is 9.69 Å². The van der Waals surface area contributed by atoms with Gasteiger partial charge in [-0.25, -0.2) is 4.39 Å². The van der Waals surface area contributed by atoms with Gasteiger partial charge in [0.25, 0.3) is 0 Å². The number of nitrogens with zero attached hydrogens (tertiary/aromatic N) is 1. The van der Waals surface area contributed by atoms with Crippen molar-refractivity contribution in [3.63, 3.8) is 0 Å². The van der Waals surface area contributed by atoms with Gasteiger partial charge in [-0.15, -0.1) is 0 Å². The largest absolute Gasteiger partial charge is 0.325 e. The van der Waals surface area contributed by atoms with Crippen LogP contribution < -0.4 is 5.32 Å². The van der Waals surface area contributed by atoms with Crippen molar-refractivity contribution in [2.75, 3.05) is 25.5 Å². The highest BCUT2D eigenvalue weighted by Gasteiger charge is 2.05. The summed E-state index contributed by atoms with van der Waals surface area (Å²) in [4.78, 5) is 13.5. The van der Waals surface area contributed by atoms with E-state index in [0.29, 0.717) is 12.2 Å². The van der Waals surface area contributed by atoms with Crippen LogP contribution in [0.25, 0.3) is 0 Å². The van der Waals surface area contributed by atoms with Crippen molar-refractivity contribution in [3.8, 4) is 0 Å². The molecule has 1 aromatic rings. The number of halogens is 1. The first-order valence-corrected chi connectivity index (χ1v) is 5.47. The van der Waals surface area contributed by atoms with Crippen molar-refractivity contribution >= 4 is 11.6 Å². The predicted octanol–water partition coefficient (Wildman–Crippen LogP) is 2.27. The smallest absolute Gasteiger partial charge is 0.238 e. The number of amides is 1. The van der Waals surface area contributed by atoms with Crippen LogP contribution in [0, 0.1) is 5.82 Å². The number of rotatable bonds is 5. The molecule has 4 heteroatoms. The fraction of sp³-hybridized carbons (Fsp3) is 0.308. The molecule has 1 N–H and O–H groups in total. The van der Waals surface area contributed by atoms with Crippen molar-refractivity contribution in [1.82, 2.24) is 4.90 Å². The van der Waals surface area contributed by atoms with Crippen molar-refractivity contribution in [3.05, 3.63) is 42.2 Å². The van der Waals surface area contributed by atoms with E-state index in [9.17, 15) is 9.18 Å². The van der Waals surface area contributed by atoms with Gasteiger partial charge < -0.3 is 5.32 Å². The molecule has 17 heavy (non-hydrogen) atoms. The summed E-state index contributed by atoms with van der Waals surface area (Å²) in [6.07, 6.45) is 3.90. The number of nitrogens with one attached hydrogen (secondary N) is 1. The lowest BCUT2D eigenvalue weighted by atomic mass is 10.3. The quantitative estimate of drug-likeness (QED) is 0.795. The number of anilines is 1. The molecule has 0 atom stereocenters. The minimum atomic E-state index is -0.356. The van der Waals surface area contributed by atoms with Crippen LogP contribution >= 0.6 is 0 Å². The van der Waals surface area contributed by atoms with Crippen LogP contribution in [0.1, 0.15) is 6.92 Å². The third-order valence-corrected chi connectivity index (χ3v) is 2.17. The third kappa shape index (κ3) is 5.26. The maximum Gasteiger partial charge on any atom is 0.238 e. The molecule has 0 radical (unpaired) electrons. The van der Waals surface area contributed by atoms with E-state index in [1.807, 2.05) is 31.0 Å². The van der Waals surface area contributed by atoms with Crippen molar-refractivity contribution in [2.24, 2.45) is 0 Å². The molecule has 1 amide bonds. The number of carbonyl (C=O) groups is 1. The molecule has 0 aliphatic heterocycles. The van der Waals surface area contributed by atoms with Gasteiger partial charge in [0.1, 0.15) is 5.82 Å². The first-order valence-electron chi connectivity index (χ1n) is 5.47. The molecule has 0 aliphatic carbocycles. The molecule has 3 nitrogen and oxygen atoms in total. The molecule has 0 bridgehead atoms. The van der Waals surface area contributed by atoms with Gasteiger partial charge in [0.15, 0.2) is 0 Å². The molecule has 0 unspecified atom stereocenters. The molecule has 0 spiro atoms. The number of benzene rings is 1. The molecule has 0 aliphatic rings. The Morgan fingerprint density at radius 3 is 2.94 bits per heavy atom. The Balaban J connectivity index is 2.44. The van der Waals surface area contributed by atoms with E-state index < -0.39 is 0 Å². The summed E-state index contributed by atoms with van der Waals surface area (Å²) in [6, 6.07) is 5.86. The minimum absolute atomic E-state index is 0.150. The van der Waals surface area contributed by atoms with Crippen LogP contribution in [-0.4, -0.2) is 30.9 Å².